The molecule has 0 saturated carbocycles. The molecule has 5 nitrogen and oxygen atoms in total. The number of amides is 1. The van der Waals surface area contributed by atoms with Gasteiger partial charge in [-0.2, -0.15) is 0 Å². The number of likely N-dealkylation sites (tertiary alicyclic amines) is 1. The molecule has 5 heteroatoms. The van der Waals surface area contributed by atoms with Crippen LogP contribution in [-0.4, -0.2) is 47.7 Å². The molecule has 0 aromatic rings. The van der Waals surface area contributed by atoms with Crippen LogP contribution in [-0.2, 0) is 14.3 Å². The van der Waals surface area contributed by atoms with E-state index in [1.165, 1.54) is 0 Å². The topological polar surface area (TPSA) is 66.8 Å². The molecule has 1 rings (SSSR count). The third kappa shape index (κ3) is 4.00. The minimum absolute atomic E-state index is 0.00367. The van der Waals surface area contributed by atoms with E-state index in [1.807, 2.05) is 13.8 Å². The smallest absolute Gasteiger partial charge is 0.305 e. The van der Waals surface area contributed by atoms with Gasteiger partial charge < -0.3 is 14.7 Å². The van der Waals surface area contributed by atoms with Crippen LogP contribution in [0.25, 0.3) is 0 Å². The summed E-state index contributed by atoms with van der Waals surface area (Å²) in [6, 6.07) is -0.219. The average Bonchev–Trinajstić information content (AvgIpc) is 2.59. The summed E-state index contributed by atoms with van der Waals surface area (Å²) in [4.78, 5) is 24.4. The molecule has 0 aliphatic carbocycles. The van der Waals surface area contributed by atoms with Crippen molar-refractivity contribution in [2.75, 3.05) is 13.7 Å². The van der Waals surface area contributed by atoms with Crippen LogP contribution < -0.4 is 0 Å². The van der Waals surface area contributed by atoms with Crippen molar-refractivity contribution in [2.24, 2.45) is 5.92 Å². The van der Waals surface area contributed by atoms with Crippen molar-refractivity contribution in [1.82, 2.24) is 4.90 Å². The van der Waals surface area contributed by atoms with Crippen LogP contribution in [0.3, 0.4) is 0 Å². The molecule has 17 heavy (non-hydrogen) atoms. The second-order valence-electron chi connectivity index (χ2n) is 4.99. The maximum atomic E-state index is 12.0. The average molecular weight is 243 g/mol. The lowest BCUT2D eigenvalue weighted by atomic mass is 10.1. The second-order valence-corrected chi connectivity index (χ2v) is 4.99. The number of rotatable bonds is 5. The Kier molecular flexibility index (Phi) is 4.93. The zero-order valence-corrected chi connectivity index (χ0v) is 10.7. The van der Waals surface area contributed by atoms with Gasteiger partial charge in [-0.05, 0) is 12.3 Å². The Morgan fingerprint density at radius 3 is 2.59 bits per heavy atom. The van der Waals surface area contributed by atoms with Crippen LogP contribution >= 0.6 is 0 Å². The Morgan fingerprint density at radius 2 is 2.12 bits per heavy atom. The lowest BCUT2D eigenvalue weighted by Gasteiger charge is -2.24. The maximum Gasteiger partial charge on any atom is 0.305 e. The predicted molar refractivity (Wildman–Crippen MR) is 62.6 cm³/mol. The molecule has 0 aromatic carbocycles. The first-order chi connectivity index (χ1) is 7.93. The van der Waals surface area contributed by atoms with Crippen molar-refractivity contribution in [3.05, 3.63) is 0 Å². The minimum atomic E-state index is -0.867. The van der Waals surface area contributed by atoms with Gasteiger partial charge in [0, 0.05) is 26.1 Å². The van der Waals surface area contributed by atoms with E-state index in [0.717, 1.165) is 0 Å². The van der Waals surface area contributed by atoms with Gasteiger partial charge >= 0.3 is 5.97 Å². The molecule has 1 N–H and O–H groups in total. The molecule has 1 aliphatic heterocycles. The molecule has 2 unspecified atom stereocenters. The molecule has 1 heterocycles. The zero-order chi connectivity index (χ0) is 13.0. The van der Waals surface area contributed by atoms with Gasteiger partial charge in [0.2, 0.25) is 5.91 Å². The Morgan fingerprint density at radius 1 is 1.47 bits per heavy atom. The summed E-state index contributed by atoms with van der Waals surface area (Å²) >= 11 is 0. The molecular weight excluding hydrogens is 222 g/mol. The number of hydrogen-bond donors (Lipinski definition) is 1. The molecule has 0 aromatic heterocycles. The summed E-state index contributed by atoms with van der Waals surface area (Å²) < 4.78 is 5.22. The van der Waals surface area contributed by atoms with E-state index < -0.39 is 5.97 Å². The Bertz CT molecular complexity index is 290. The van der Waals surface area contributed by atoms with Gasteiger partial charge in [-0.25, -0.2) is 0 Å². The van der Waals surface area contributed by atoms with Gasteiger partial charge in [0.1, 0.15) is 0 Å². The molecule has 2 atom stereocenters. The lowest BCUT2D eigenvalue weighted by molar-refractivity contribution is -0.140. The van der Waals surface area contributed by atoms with E-state index in [2.05, 4.69) is 0 Å². The quantitative estimate of drug-likeness (QED) is 0.785. The van der Waals surface area contributed by atoms with Gasteiger partial charge in [-0.3, -0.25) is 9.59 Å². The number of carboxylic acids is 1. The summed E-state index contributed by atoms with van der Waals surface area (Å²) in [5.74, 6) is -0.547. The number of carboxylic acid groups (broad SMARTS) is 1. The number of aliphatic carboxylic acids is 1. The Labute approximate surface area is 102 Å². The normalized spacial score (nSPS) is 24.4. The summed E-state index contributed by atoms with van der Waals surface area (Å²) in [5, 5.41) is 8.84. The highest BCUT2D eigenvalue weighted by Crippen LogP contribution is 2.24. The number of ether oxygens (including phenoxy) is 1. The summed E-state index contributed by atoms with van der Waals surface area (Å²) in [5.41, 5.74) is 0. The molecule has 1 saturated heterocycles. The maximum absolute atomic E-state index is 12.0. The minimum Gasteiger partial charge on any atom is -0.481 e. The van der Waals surface area contributed by atoms with Gasteiger partial charge in [-0.15, -0.1) is 0 Å². The van der Waals surface area contributed by atoms with Crippen molar-refractivity contribution in [3.63, 3.8) is 0 Å². The Balaban J connectivity index is 2.65. The largest absolute Gasteiger partial charge is 0.481 e. The summed E-state index contributed by atoms with van der Waals surface area (Å²) in [6.07, 6.45) is 1.05. The zero-order valence-electron chi connectivity index (χ0n) is 10.7. The highest BCUT2D eigenvalue weighted by molar-refractivity contribution is 5.78. The van der Waals surface area contributed by atoms with E-state index in [-0.39, 0.29) is 30.4 Å². The fourth-order valence-electron chi connectivity index (χ4n) is 2.21. The van der Waals surface area contributed by atoms with Gasteiger partial charge in [0.05, 0.1) is 12.5 Å². The first kappa shape index (κ1) is 14.0. The van der Waals surface area contributed by atoms with Crippen molar-refractivity contribution < 1.29 is 19.4 Å². The molecule has 0 radical (unpaired) electrons. The molecule has 1 amide bonds. The van der Waals surface area contributed by atoms with E-state index >= 15 is 0 Å². The molecule has 1 aliphatic rings. The van der Waals surface area contributed by atoms with Crippen LogP contribution in [0.15, 0.2) is 0 Å². The van der Waals surface area contributed by atoms with E-state index in [9.17, 15) is 9.59 Å². The van der Waals surface area contributed by atoms with Crippen LogP contribution in [0.1, 0.15) is 33.1 Å². The van der Waals surface area contributed by atoms with Crippen LogP contribution in [0.2, 0.25) is 0 Å². The van der Waals surface area contributed by atoms with Crippen molar-refractivity contribution in [2.45, 2.75) is 45.3 Å². The summed E-state index contributed by atoms with van der Waals surface area (Å²) in [7, 11) is 1.60. The molecule has 0 spiro atoms. The number of carbonyl (C=O) groups is 2. The van der Waals surface area contributed by atoms with Crippen LogP contribution in [0, 0.1) is 5.92 Å². The third-order valence-electron chi connectivity index (χ3n) is 3.02. The number of hydrogen-bond acceptors (Lipinski definition) is 3. The fourth-order valence-corrected chi connectivity index (χ4v) is 2.21. The third-order valence-corrected chi connectivity index (χ3v) is 3.02. The van der Waals surface area contributed by atoms with E-state index in [4.69, 9.17) is 9.84 Å². The van der Waals surface area contributed by atoms with Gasteiger partial charge in [-0.1, -0.05) is 13.8 Å². The number of methoxy groups -OCH3 is 1. The lowest BCUT2D eigenvalue weighted by Crippen LogP contribution is -2.37. The predicted octanol–water partition coefficient (Wildman–Crippen LogP) is 1.12. The monoisotopic (exact) mass is 243 g/mol. The second kappa shape index (κ2) is 6.00. The molecular formula is C12H21NO4. The Hall–Kier alpha value is -1.10. The van der Waals surface area contributed by atoms with E-state index in [0.29, 0.717) is 19.4 Å². The van der Waals surface area contributed by atoms with Gasteiger partial charge in [0.25, 0.3) is 0 Å². The SMILES string of the molecule is COC1CC(CC(=O)O)N(C(=O)CC(C)C)C1. The van der Waals surface area contributed by atoms with Crippen molar-refractivity contribution in [1.29, 1.82) is 0 Å². The highest BCUT2D eigenvalue weighted by atomic mass is 16.5. The van der Waals surface area contributed by atoms with E-state index in [1.54, 1.807) is 12.0 Å². The molecule has 0 bridgehead atoms. The first-order valence-corrected chi connectivity index (χ1v) is 5.98. The van der Waals surface area contributed by atoms with Crippen LogP contribution in [0.5, 0.6) is 0 Å². The number of carbonyl (C=O) groups excluding carboxylic acids is 1. The molecule has 1 fully saturated rings. The van der Waals surface area contributed by atoms with Crippen LogP contribution in [0.4, 0.5) is 0 Å². The summed E-state index contributed by atoms with van der Waals surface area (Å²) in [6.45, 7) is 4.47. The van der Waals surface area contributed by atoms with Crippen molar-refractivity contribution in [3.8, 4) is 0 Å². The van der Waals surface area contributed by atoms with Gasteiger partial charge in [0.15, 0.2) is 0 Å². The standard InChI is InChI=1S/C12H21NO4/c1-8(2)4-11(14)13-7-10(17-3)5-9(13)6-12(15)16/h8-10H,4-7H2,1-3H3,(H,15,16). The van der Waals surface area contributed by atoms with Crippen molar-refractivity contribution >= 4 is 11.9 Å². The highest BCUT2D eigenvalue weighted by Gasteiger charge is 2.36. The first-order valence-electron chi connectivity index (χ1n) is 5.98. The number of nitrogens with zero attached hydrogens (tertiary/aromatic N) is 1. The molecule has 98 valence electrons. The fraction of sp³-hybridized carbons (Fsp3) is 0.833.